The molecule has 1 aliphatic carbocycles. The fourth-order valence-electron chi connectivity index (χ4n) is 4.13. The van der Waals surface area contributed by atoms with Gasteiger partial charge >= 0.3 is 5.97 Å². The summed E-state index contributed by atoms with van der Waals surface area (Å²) in [7, 11) is 0. The Labute approximate surface area is 173 Å². The Balaban J connectivity index is 1.90. The van der Waals surface area contributed by atoms with Crippen LogP contribution in [0.3, 0.4) is 0 Å². The third-order valence-corrected chi connectivity index (χ3v) is 5.83. The van der Waals surface area contributed by atoms with E-state index >= 15 is 0 Å². The molecule has 0 aromatic heterocycles. The van der Waals surface area contributed by atoms with Gasteiger partial charge in [0.05, 0.1) is 0 Å². The Bertz CT molecular complexity index is 852. The Morgan fingerprint density at radius 2 is 1.59 bits per heavy atom. The molecular formula is C26H30O3. The van der Waals surface area contributed by atoms with Crippen molar-refractivity contribution in [1.29, 1.82) is 0 Å². The Morgan fingerprint density at radius 3 is 2.21 bits per heavy atom. The maximum atomic E-state index is 13.2. The van der Waals surface area contributed by atoms with Crippen LogP contribution in [0.5, 0.6) is 0 Å². The summed E-state index contributed by atoms with van der Waals surface area (Å²) in [6, 6.07) is 18.4. The van der Waals surface area contributed by atoms with E-state index in [0.29, 0.717) is 23.3 Å². The molecule has 3 heteroatoms. The summed E-state index contributed by atoms with van der Waals surface area (Å²) in [5.41, 5.74) is 1.38. The SMILES string of the molecule is CC(C)[C@H]1CC[C@H](C)C[C@H]1OC(=O)C(=Cc1ccccc1)C(=O)c1ccccc1. The molecule has 2 aromatic rings. The summed E-state index contributed by atoms with van der Waals surface area (Å²) < 4.78 is 5.98. The van der Waals surface area contributed by atoms with Gasteiger partial charge in [0, 0.05) is 5.56 Å². The van der Waals surface area contributed by atoms with E-state index in [9.17, 15) is 9.59 Å². The van der Waals surface area contributed by atoms with Crippen molar-refractivity contribution in [2.45, 2.75) is 46.1 Å². The van der Waals surface area contributed by atoms with Gasteiger partial charge in [-0.25, -0.2) is 4.79 Å². The van der Waals surface area contributed by atoms with Gasteiger partial charge in [0.15, 0.2) is 5.78 Å². The minimum atomic E-state index is -0.521. The molecule has 152 valence electrons. The summed E-state index contributed by atoms with van der Waals surface area (Å²) in [6.07, 6.45) is 4.57. The standard InChI is InChI=1S/C26H30O3/c1-18(2)22-15-14-19(3)16-24(22)29-26(28)23(17-20-10-6-4-7-11-20)25(27)21-12-8-5-9-13-21/h4-13,17-19,22,24H,14-16H2,1-3H3/t19-,22+,24+/m0/s1. The van der Waals surface area contributed by atoms with Gasteiger partial charge in [0.25, 0.3) is 0 Å². The minimum Gasteiger partial charge on any atom is -0.458 e. The highest BCUT2D eigenvalue weighted by atomic mass is 16.5. The van der Waals surface area contributed by atoms with E-state index in [1.54, 1.807) is 30.3 Å². The highest BCUT2D eigenvalue weighted by molar-refractivity contribution is 6.26. The first-order valence-electron chi connectivity index (χ1n) is 10.5. The molecule has 1 fully saturated rings. The monoisotopic (exact) mass is 390 g/mol. The van der Waals surface area contributed by atoms with Gasteiger partial charge in [0.1, 0.15) is 11.7 Å². The van der Waals surface area contributed by atoms with E-state index in [1.807, 2.05) is 36.4 Å². The van der Waals surface area contributed by atoms with Crippen LogP contribution >= 0.6 is 0 Å². The average molecular weight is 391 g/mol. The predicted molar refractivity (Wildman–Crippen MR) is 116 cm³/mol. The van der Waals surface area contributed by atoms with Crippen LogP contribution in [0.4, 0.5) is 0 Å². The number of carbonyl (C=O) groups is 2. The number of hydrogen-bond acceptors (Lipinski definition) is 3. The molecule has 2 aromatic carbocycles. The van der Waals surface area contributed by atoms with Gasteiger partial charge in [-0.2, -0.15) is 0 Å². The van der Waals surface area contributed by atoms with Crippen LogP contribution in [0.15, 0.2) is 66.2 Å². The highest BCUT2D eigenvalue weighted by Crippen LogP contribution is 2.36. The van der Waals surface area contributed by atoms with Gasteiger partial charge in [0.2, 0.25) is 0 Å². The Hall–Kier alpha value is -2.68. The van der Waals surface area contributed by atoms with Crippen LogP contribution in [0.25, 0.3) is 6.08 Å². The summed E-state index contributed by atoms with van der Waals surface area (Å²) in [5.74, 6) is 0.470. The number of ketones is 1. The van der Waals surface area contributed by atoms with E-state index in [1.165, 1.54) is 0 Å². The number of hydrogen-bond donors (Lipinski definition) is 0. The predicted octanol–water partition coefficient (Wildman–Crippen LogP) is 5.96. The smallest absolute Gasteiger partial charge is 0.342 e. The second kappa shape index (κ2) is 9.69. The van der Waals surface area contributed by atoms with Crippen LogP contribution in [-0.2, 0) is 9.53 Å². The first kappa shape index (κ1) is 21.0. The maximum absolute atomic E-state index is 13.2. The fraction of sp³-hybridized carbons (Fsp3) is 0.385. The topological polar surface area (TPSA) is 43.4 Å². The molecular weight excluding hydrogens is 360 g/mol. The summed E-state index contributed by atoms with van der Waals surface area (Å²) >= 11 is 0. The number of esters is 1. The molecule has 3 atom stereocenters. The van der Waals surface area contributed by atoms with Gasteiger partial charge in [-0.15, -0.1) is 0 Å². The second-order valence-corrected chi connectivity index (χ2v) is 8.43. The average Bonchev–Trinajstić information content (AvgIpc) is 2.72. The van der Waals surface area contributed by atoms with Crippen molar-refractivity contribution in [3.63, 3.8) is 0 Å². The van der Waals surface area contributed by atoms with E-state index in [2.05, 4.69) is 20.8 Å². The molecule has 3 nitrogen and oxygen atoms in total. The van der Waals surface area contributed by atoms with Crippen LogP contribution in [0.2, 0.25) is 0 Å². The third-order valence-electron chi connectivity index (χ3n) is 5.83. The molecule has 0 spiro atoms. The molecule has 0 amide bonds. The number of carbonyl (C=O) groups excluding carboxylic acids is 2. The molecule has 1 aliphatic rings. The van der Waals surface area contributed by atoms with Crippen molar-refractivity contribution in [2.75, 3.05) is 0 Å². The quantitative estimate of drug-likeness (QED) is 0.201. The molecule has 1 saturated carbocycles. The second-order valence-electron chi connectivity index (χ2n) is 8.43. The lowest BCUT2D eigenvalue weighted by Crippen LogP contribution is -2.36. The van der Waals surface area contributed by atoms with Gasteiger partial charge < -0.3 is 4.74 Å². The molecule has 29 heavy (non-hydrogen) atoms. The molecule has 0 aliphatic heterocycles. The summed E-state index contributed by atoms with van der Waals surface area (Å²) in [5, 5.41) is 0. The van der Waals surface area contributed by atoms with Crippen molar-refractivity contribution in [3.8, 4) is 0 Å². The number of benzene rings is 2. The maximum Gasteiger partial charge on any atom is 0.342 e. The Morgan fingerprint density at radius 1 is 0.966 bits per heavy atom. The zero-order valence-corrected chi connectivity index (χ0v) is 17.5. The highest BCUT2D eigenvalue weighted by Gasteiger charge is 2.35. The van der Waals surface area contributed by atoms with Crippen molar-refractivity contribution in [1.82, 2.24) is 0 Å². The van der Waals surface area contributed by atoms with E-state index in [4.69, 9.17) is 4.74 Å². The molecule has 0 bridgehead atoms. The first-order valence-corrected chi connectivity index (χ1v) is 10.5. The van der Waals surface area contributed by atoms with E-state index in [0.717, 1.165) is 24.8 Å². The van der Waals surface area contributed by atoms with Crippen LogP contribution in [0, 0.1) is 17.8 Å². The largest absolute Gasteiger partial charge is 0.458 e. The normalized spacial score (nSPS) is 22.3. The van der Waals surface area contributed by atoms with Crippen molar-refractivity contribution < 1.29 is 14.3 Å². The van der Waals surface area contributed by atoms with Crippen LogP contribution < -0.4 is 0 Å². The zero-order chi connectivity index (χ0) is 20.8. The molecule has 3 rings (SSSR count). The first-order chi connectivity index (χ1) is 14.0. The molecule has 0 radical (unpaired) electrons. The zero-order valence-electron chi connectivity index (χ0n) is 17.5. The fourth-order valence-corrected chi connectivity index (χ4v) is 4.13. The van der Waals surface area contributed by atoms with Gasteiger partial charge in [-0.1, -0.05) is 87.9 Å². The minimum absolute atomic E-state index is 0.0862. The van der Waals surface area contributed by atoms with Crippen molar-refractivity contribution in [3.05, 3.63) is 77.4 Å². The van der Waals surface area contributed by atoms with E-state index < -0.39 is 5.97 Å². The van der Waals surface area contributed by atoms with Crippen molar-refractivity contribution >= 4 is 17.8 Å². The summed E-state index contributed by atoms with van der Waals surface area (Å²) in [6.45, 7) is 6.56. The molecule has 0 N–H and O–H groups in total. The molecule has 0 saturated heterocycles. The lowest BCUT2D eigenvalue weighted by molar-refractivity contribution is -0.150. The number of Topliss-reactive ketones (excluding diaryl/α,β-unsaturated/α-hetero) is 1. The number of rotatable bonds is 6. The third kappa shape index (κ3) is 5.44. The van der Waals surface area contributed by atoms with Crippen LogP contribution in [-0.4, -0.2) is 17.9 Å². The summed E-state index contributed by atoms with van der Waals surface area (Å²) in [4.78, 5) is 26.3. The lowest BCUT2D eigenvalue weighted by atomic mass is 9.75. The van der Waals surface area contributed by atoms with Crippen LogP contribution in [0.1, 0.15) is 56.0 Å². The number of ether oxygens (including phenoxy) is 1. The van der Waals surface area contributed by atoms with E-state index in [-0.39, 0.29) is 17.5 Å². The van der Waals surface area contributed by atoms with Gasteiger partial charge in [-0.3, -0.25) is 4.79 Å². The van der Waals surface area contributed by atoms with Gasteiger partial charge in [-0.05, 0) is 42.2 Å². The molecule has 0 unspecified atom stereocenters. The Kier molecular flexibility index (Phi) is 7.03. The molecule has 0 heterocycles. The lowest BCUT2D eigenvalue weighted by Gasteiger charge is -2.36. The van der Waals surface area contributed by atoms with Crippen molar-refractivity contribution in [2.24, 2.45) is 17.8 Å².